The van der Waals surface area contributed by atoms with Gasteiger partial charge in [0, 0.05) is 5.69 Å². The predicted molar refractivity (Wildman–Crippen MR) is 88.7 cm³/mol. The van der Waals surface area contributed by atoms with Crippen LogP contribution in [0.1, 0.15) is 27.7 Å². The number of hydrogen-bond acceptors (Lipinski definition) is 4. The fraction of sp³-hybridized carbons (Fsp3) is 0.529. The van der Waals surface area contributed by atoms with E-state index in [1.165, 1.54) is 0 Å². The van der Waals surface area contributed by atoms with Crippen LogP contribution in [0, 0.1) is 0 Å². The van der Waals surface area contributed by atoms with Crippen LogP contribution in [0.3, 0.4) is 0 Å². The third-order valence-electron chi connectivity index (χ3n) is 3.10. The van der Waals surface area contributed by atoms with Crippen molar-refractivity contribution in [3.05, 3.63) is 24.3 Å². The summed E-state index contributed by atoms with van der Waals surface area (Å²) in [6.45, 7) is 8.45. The molecule has 1 rings (SSSR count). The number of quaternary nitrogens is 1. The van der Waals surface area contributed by atoms with E-state index in [-0.39, 0.29) is 25.0 Å². The first-order chi connectivity index (χ1) is 10.7. The highest BCUT2D eigenvalue weighted by Crippen LogP contribution is 2.14. The molecule has 0 fully saturated rings. The molecule has 6 heteroatoms. The van der Waals surface area contributed by atoms with Crippen LogP contribution in [0.5, 0.6) is 5.75 Å². The van der Waals surface area contributed by atoms with Gasteiger partial charge < -0.3 is 19.7 Å². The van der Waals surface area contributed by atoms with Gasteiger partial charge >= 0.3 is 5.97 Å². The summed E-state index contributed by atoms with van der Waals surface area (Å²) in [5.41, 5.74) is 0.185. The minimum Gasteiger partial charge on any atom is -0.497 e. The van der Waals surface area contributed by atoms with Crippen LogP contribution in [0.25, 0.3) is 0 Å². The van der Waals surface area contributed by atoms with E-state index in [0.717, 1.165) is 10.6 Å². The quantitative estimate of drug-likeness (QED) is 0.731. The second kappa shape index (κ2) is 8.53. The lowest BCUT2D eigenvalue weighted by Crippen LogP contribution is -3.13. The van der Waals surface area contributed by atoms with E-state index < -0.39 is 5.60 Å². The van der Waals surface area contributed by atoms with Gasteiger partial charge in [-0.1, -0.05) is 0 Å². The van der Waals surface area contributed by atoms with E-state index in [4.69, 9.17) is 9.47 Å². The summed E-state index contributed by atoms with van der Waals surface area (Å²) < 4.78 is 10.4. The van der Waals surface area contributed by atoms with Crippen molar-refractivity contribution >= 4 is 17.6 Å². The maximum absolute atomic E-state index is 12.1. The van der Waals surface area contributed by atoms with E-state index in [1.807, 2.05) is 27.7 Å². The van der Waals surface area contributed by atoms with Gasteiger partial charge in [0.2, 0.25) is 0 Å². The number of carbonyl (C=O) groups excluding carboxylic acids is 2. The standard InChI is InChI=1S/C17H26N2O4/c1-6-19(12-16(21)23-17(2,3)4)11-15(20)18-13-7-9-14(22-5)10-8-13/h7-10H,6,11-12H2,1-5H3,(H,18,20)/p+1. The number of amides is 1. The Labute approximate surface area is 137 Å². The average molecular weight is 323 g/mol. The topological polar surface area (TPSA) is 69.1 Å². The zero-order valence-corrected chi connectivity index (χ0v) is 14.6. The monoisotopic (exact) mass is 323 g/mol. The summed E-state index contributed by atoms with van der Waals surface area (Å²) >= 11 is 0. The van der Waals surface area contributed by atoms with Gasteiger partial charge in [-0.15, -0.1) is 0 Å². The number of ether oxygens (including phenoxy) is 2. The highest BCUT2D eigenvalue weighted by molar-refractivity contribution is 5.91. The van der Waals surface area contributed by atoms with Crippen molar-refractivity contribution in [2.45, 2.75) is 33.3 Å². The van der Waals surface area contributed by atoms with E-state index in [9.17, 15) is 9.59 Å². The molecule has 0 aliphatic rings. The summed E-state index contributed by atoms with van der Waals surface area (Å²) in [4.78, 5) is 24.8. The molecule has 0 radical (unpaired) electrons. The average Bonchev–Trinajstić information content (AvgIpc) is 2.45. The molecule has 0 spiro atoms. The zero-order chi connectivity index (χ0) is 17.5. The molecule has 1 aromatic rings. The number of benzene rings is 1. The number of carbonyl (C=O) groups is 2. The number of likely N-dealkylation sites (N-methyl/N-ethyl adjacent to an activating group) is 1. The van der Waals surface area contributed by atoms with Crippen LogP contribution in [-0.2, 0) is 14.3 Å². The molecular weight excluding hydrogens is 296 g/mol. The highest BCUT2D eigenvalue weighted by Gasteiger charge is 2.22. The summed E-state index contributed by atoms with van der Waals surface area (Å²) in [6, 6.07) is 7.11. The maximum atomic E-state index is 12.1. The van der Waals surface area contributed by atoms with E-state index in [0.29, 0.717) is 12.2 Å². The van der Waals surface area contributed by atoms with Crippen LogP contribution in [-0.4, -0.2) is 44.2 Å². The highest BCUT2D eigenvalue weighted by atomic mass is 16.6. The SMILES string of the molecule is CC[NH+](CC(=O)Nc1ccc(OC)cc1)CC(=O)OC(C)(C)C. The summed E-state index contributed by atoms with van der Waals surface area (Å²) in [6.07, 6.45) is 0. The molecule has 23 heavy (non-hydrogen) atoms. The van der Waals surface area contributed by atoms with Crippen LogP contribution in [0.2, 0.25) is 0 Å². The third-order valence-corrected chi connectivity index (χ3v) is 3.10. The normalized spacial score (nSPS) is 12.4. The van der Waals surface area contributed by atoms with Crippen molar-refractivity contribution < 1.29 is 24.0 Å². The minimum atomic E-state index is -0.513. The second-order valence-corrected chi connectivity index (χ2v) is 6.32. The molecule has 128 valence electrons. The third kappa shape index (κ3) is 7.65. The van der Waals surface area contributed by atoms with Crippen LogP contribution in [0.15, 0.2) is 24.3 Å². The second-order valence-electron chi connectivity index (χ2n) is 6.32. The Morgan fingerprint density at radius 2 is 1.74 bits per heavy atom. The predicted octanol–water partition coefficient (Wildman–Crippen LogP) is 0.880. The van der Waals surface area contributed by atoms with Gasteiger partial charge in [0.05, 0.1) is 13.7 Å². The summed E-state index contributed by atoms with van der Waals surface area (Å²) in [5.74, 6) is 0.288. The molecular formula is C17H27N2O4+. The van der Waals surface area contributed by atoms with Gasteiger partial charge in [-0.05, 0) is 52.0 Å². The number of methoxy groups -OCH3 is 1. The Hall–Kier alpha value is -2.08. The molecule has 1 atom stereocenters. The molecule has 0 saturated heterocycles. The van der Waals surface area contributed by atoms with Gasteiger partial charge in [-0.2, -0.15) is 0 Å². The lowest BCUT2D eigenvalue weighted by Gasteiger charge is -2.22. The van der Waals surface area contributed by atoms with Gasteiger partial charge in [0.15, 0.2) is 13.1 Å². The molecule has 0 heterocycles. The molecule has 6 nitrogen and oxygen atoms in total. The smallest absolute Gasteiger partial charge is 0.362 e. The largest absolute Gasteiger partial charge is 0.497 e. The molecule has 0 aromatic heterocycles. The van der Waals surface area contributed by atoms with Crippen LogP contribution < -0.4 is 15.0 Å². The van der Waals surface area contributed by atoms with E-state index in [1.54, 1.807) is 31.4 Å². The first-order valence-electron chi connectivity index (χ1n) is 7.73. The first kappa shape index (κ1) is 19.0. The molecule has 0 saturated carbocycles. The lowest BCUT2D eigenvalue weighted by molar-refractivity contribution is -0.882. The number of esters is 1. The minimum absolute atomic E-state index is 0.143. The molecule has 1 amide bonds. The Bertz CT molecular complexity index is 520. The molecule has 0 bridgehead atoms. The number of rotatable bonds is 7. The van der Waals surface area contributed by atoms with E-state index >= 15 is 0 Å². The Morgan fingerprint density at radius 3 is 2.22 bits per heavy atom. The Morgan fingerprint density at radius 1 is 1.13 bits per heavy atom. The molecule has 0 aliphatic carbocycles. The van der Waals surface area contributed by atoms with Crippen molar-refractivity contribution in [2.75, 3.05) is 32.1 Å². The number of hydrogen-bond donors (Lipinski definition) is 2. The maximum Gasteiger partial charge on any atom is 0.362 e. The van der Waals surface area contributed by atoms with Gasteiger partial charge in [-0.3, -0.25) is 4.79 Å². The lowest BCUT2D eigenvalue weighted by atomic mass is 10.2. The summed E-state index contributed by atoms with van der Waals surface area (Å²) in [5, 5.41) is 2.81. The fourth-order valence-corrected chi connectivity index (χ4v) is 2.00. The summed E-state index contributed by atoms with van der Waals surface area (Å²) in [7, 11) is 1.59. The van der Waals surface area contributed by atoms with Crippen molar-refractivity contribution in [2.24, 2.45) is 0 Å². The fourth-order valence-electron chi connectivity index (χ4n) is 2.00. The molecule has 0 aliphatic heterocycles. The van der Waals surface area contributed by atoms with E-state index in [2.05, 4.69) is 5.32 Å². The van der Waals surface area contributed by atoms with Crippen LogP contribution >= 0.6 is 0 Å². The molecule has 2 N–H and O–H groups in total. The molecule has 1 unspecified atom stereocenters. The van der Waals surface area contributed by atoms with Crippen molar-refractivity contribution in [1.82, 2.24) is 0 Å². The van der Waals surface area contributed by atoms with Crippen molar-refractivity contribution in [3.63, 3.8) is 0 Å². The van der Waals surface area contributed by atoms with Crippen LogP contribution in [0.4, 0.5) is 5.69 Å². The van der Waals surface area contributed by atoms with Crippen molar-refractivity contribution in [3.8, 4) is 5.75 Å². The van der Waals surface area contributed by atoms with Gasteiger partial charge in [-0.25, -0.2) is 4.79 Å². The molecule has 1 aromatic carbocycles. The zero-order valence-electron chi connectivity index (χ0n) is 14.6. The Kier molecular flexibility index (Phi) is 7.03. The van der Waals surface area contributed by atoms with Gasteiger partial charge in [0.1, 0.15) is 11.4 Å². The Balaban J connectivity index is 2.50. The van der Waals surface area contributed by atoms with Gasteiger partial charge in [0.25, 0.3) is 5.91 Å². The first-order valence-corrected chi connectivity index (χ1v) is 7.73. The van der Waals surface area contributed by atoms with Crippen molar-refractivity contribution in [1.29, 1.82) is 0 Å². The number of nitrogens with one attached hydrogen (secondary N) is 2. The number of anilines is 1.